The summed E-state index contributed by atoms with van der Waals surface area (Å²) in [4.78, 5) is 4.40. The van der Waals surface area contributed by atoms with E-state index in [2.05, 4.69) is 44.7 Å². The van der Waals surface area contributed by atoms with E-state index in [-0.39, 0.29) is 0 Å². The number of hydrogen-bond acceptors (Lipinski definition) is 4. The molecule has 3 nitrogen and oxygen atoms in total. The SMILES string of the molecule is CCCOP(=S)(NC=NC(C)CC)SC(C)CC. The molecular weight excluding hydrogens is 283 g/mol. The standard InChI is InChI=1S/C12H27N2OPS2/c1-6-9-15-16(17,18-12(5)8-3)14-10-13-11(4)7-2/h10-12H,6-9H2,1-5H3,(H,13,14,17). The molecule has 3 unspecified atom stereocenters. The molecule has 0 aromatic carbocycles. The Morgan fingerprint density at radius 3 is 2.50 bits per heavy atom. The Morgan fingerprint density at radius 2 is 2.00 bits per heavy atom. The largest absolute Gasteiger partial charge is 0.326 e. The summed E-state index contributed by atoms with van der Waals surface area (Å²) >= 11 is 7.40. The van der Waals surface area contributed by atoms with Crippen LogP contribution in [-0.4, -0.2) is 24.2 Å². The van der Waals surface area contributed by atoms with Gasteiger partial charge in [-0.2, -0.15) is 0 Å². The Hall–Kier alpha value is 0.430. The first-order chi connectivity index (χ1) is 8.47. The third-order valence-corrected chi connectivity index (χ3v) is 8.37. The number of aliphatic imine (C=N–C) groups is 1. The van der Waals surface area contributed by atoms with Gasteiger partial charge in [-0.3, -0.25) is 4.99 Å². The van der Waals surface area contributed by atoms with Gasteiger partial charge in [0.05, 0.1) is 12.9 Å². The zero-order valence-corrected chi connectivity index (χ0v) is 14.7. The first kappa shape index (κ1) is 18.4. The second-order valence-corrected chi connectivity index (χ2v) is 11.3. The smallest absolute Gasteiger partial charge is 0.211 e. The molecule has 0 aliphatic rings. The quantitative estimate of drug-likeness (QED) is 0.364. The monoisotopic (exact) mass is 310 g/mol. The summed E-state index contributed by atoms with van der Waals surface area (Å²) < 4.78 is 5.85. The van der Waals surface area contributed by atoms with Crippen LogP contribution in [0.15, 0.2) is 4.99 Å². The van der Waals surface area contributed by atoms with Gasteiger partial charge in [0, 0.05) is 11.3 Å². The van der Waals surface area contributed by atoms with Crippen molar-refractivity contribution in [1.82, 2.24) is 5.09 Å². The van der Waals surface area contributed by atoms with E-state index < -0.39 is 5.62 Å². The molecule has 18 heavy (non-hydrogen) atoms. The molecule has 0 rings (SSSR count). The van der Waals surface area contributed by atoms with Crippen LogP contribution in [0.25, 0.3) is 0 Å². The molecule has 0 radical (unpaired) electrons. The van der Waals surface area contributed by atoms with Crippen LogP contribution in [0.1, 0.15) is 53.9 Å². The molecule has 0 saturated heterocycles. The maximum atomic E-state index is 5.85. The predicted octanol–water partition coefficient (Wildman–Crippen LogP) is 4.59. The third kappa shape index (κ3) is 8.52. The van der Waals surface area contributed by atoms with Gasteiger partial charge in [0.25, 0.3) is 0 Å². The van der Waals surface area contributed by atoms with Crippen LogP contribution in [0.4, 0.5) is 0 Å². The second kappa shape index (κ2) is 10.2. The first-order valence-electron chi connectivity index (χ1n) is 6.69. The van der Waals surface area contributed by atoms with Gasteiger partial charge in [0.15, 0.2) is 0 Å². The summed E-state index contributed by atoms with van der Waals surface area (Å²) in [5.74, 6) is 0. The van der Waals surface area contributed by atoms with Crippen molar-refractivity contribution >= 4 is 35.1 Å². The van der Waals surface area contributed by atoms with Crippen molar-refractivity contribution in [2.75, 3.05) is 6.61 Å². The molecule has 0 heterocycles. The highest BCUT2D eigenvalue weighted by Gasteiger charge is 2.20. The molecule has 0 fully saturated rings. The molecule has 0 spiro atoms. The summed E-state index contributed by atoms with van der Waals surface area (Å²) in [6, 6.07) is 0.334. The lowest BCUT2D eigenvalue weighted by Crippen LogP contribution is -2.12. The highest BCUT2D eigenvalue weighted by Crippen LogP contribution is 2.58. The lowest BCUT2D eigenvalue weighted by Gasteiger charge is -2.24. The van der Waals surface area contributed by atoms with Crippen LogP contribution in [0.5, 0.6) is 0 Å². The van der Waals surface area contributed by atoms with E-state index in [4.69, 9.17) is 16.3 Å². The van der Waals surface area contributed by atoms with Crippen molar-refractivity contribution in [2.24, 2.45) is 4.99 Å². The van der Waals surface area contributed by atoms with Crippen molar-refractivity contribution in [3.8, 4) is 0 Å². The molecule has 0 bridgehead atoms. The number of rotatable bonds is 10. The van der Waals surface area contributed by atoms with Gasteiger partial charge in [0.2, 0.25) is 5.62 Å². The molecule has 0 aliphatic carbocycles. The Morgan fingerprint density at radius 1 is 1.33 bits per heavy atom. The average Bonchev–Trinajstić information content (AvgIpc) is 2.36. The van der Waals surface area contributed by atoms with E-state index in [0.29, 0.717) is 17.9 Å². The molecule has 3 atom stereocenters. The lowest BCUT2D eigenvalue weighted by molar-refractivity contribution is 0.356. The van der Waals surface area contributed by atoms with Crippen molar-refractivity contribution < 1.29 is 4.52 Å². The molecule has 6 heteroatoms. The minimum atomic E-state index is -2.02. The Labute approximate surface area is 121 Å². The summed E-state index contributed by atoms with van der Waals surface area (Å²) in [5.41, 5.74) is -2.02. The Balaban J connectivity index is 4.46. The molecule has 108 valence electrons. The van der Waals surface area contributed by atoms with Gasteiger partial charge in [-0.25, -0.2) is 0 Å². The lowest BCUT2D eigenvalue weighted by atomic mass is 10.3. The van der Waals surface area contributed by atoms with E-state index in [9.17, 15) is 0 Å². The minimum Gasteiger partial charge on any atom is -0.326 e. The Bertz CT molecular complexity index is 287. The van der Waals surface area contributed by atoms with Gasteiger partial charge < -0.3 is 9.61 Å². The fraction of sp³-hybridized carbons (Fsp3) is 0.917. The molecule has 0 amide bonds. The van der Waals surface area contributed by atoms with Crippen LogP contribution in [0.3, 0.4) is 0 Å². The summed E-state index contributed by atoms with van der Waals surface area (Å²) in [6.07, 6.45) is 4.88. The van der Waals surface area contributed by atoms with E-state index in [0.717, 1.165) is 19.3 Å². The maximum absolute atomic E-state index is 5.85. The van der Waals surface area contributed by atoms with Gasteiger partial charge in [-0.1, -0.05) is 39.1 Å². The molecule has 0 aliphatic heterocycles. The molecule has 0 aromatic rings. The molecular formula is C12H27N2OPS2. The highest BCUT2D eigenvalue weighted by atomic mass is 32.9. The summed E-state index contributed by atoms with van der Waals surface area (Å²) in [7, 11) is 0. The molecule has 0 aromatic heterocycles. The van der Waals surface area contributed by atoms with Crippen LogP contribution in [0, 0.1) is 0 Å². The van der Waals surface area contributed by atoms with Crippen molar-refractivity contribution in [3.63, 3.8) is 0 Å². The third-order valence-electron chi connectivity index (χ3n) is 2.49. The van der Waals surface area contributed by atoms with E-state index >= 15 is 0 Å². The number of hydrogen-bond donors (Lipinski definition) is 1. The van der Waals surface area contributed by atoms with Crippen LogP contribution in [-0.2, 0) is 16.3 Å². The van der Waals surface area contributed by atoms with Crippen LogP contribution < -0.4 is 5.09 Å². The van der Waals surface area contributed by atoms with Gasteiger partial charge in [-0.05, 0) is 38.0 Å². The fourth-order valence-corrected chi connectivity index (χ4v) is 6.69. The van der Waals surface area contributed by atoms with E-state index in [1.54, 1.807) is 17.7 Å². The minimum absolute atomic E-state index is 0.334. The van der Waals surface area contributed by atoms with Crippen molar-refractivity contribution in [1.29, 1.82) is 0 Å². The number of nitrogens with zero attached hydrogens (tertiary/aromatic N) is 1. The average molecular weight is 310 g/mol. The fourth-order valence-electron chi connectivity index (χ4n) is 0.958. The molecule has 0 saturated carbocycles. The zero-order chi connectivity index (χ0) is 14.0. The summed E-state index contributed by atoms with van der Waals surface area (Å²) in [6.45, 7) is 11.4. The summed E-state index contributed by atoms with van der Waals surface area (Å²) in [5, 5.41) is 3.75. The topological polar surface area (TPSA) is 33.6 Å². The van der Waals surface area contributed by atoms with E-state index in [1.807, 2.05) is 0 Å². The van der Waals surface area contributed by atoms with Gasteiger partial charge >= 0.3 is 0 Å². The van der Waals surface area contributed by atoms with Crippen LogP contribution >= 0.6 is 17.0 Å². The normalized spacial score (nSPS) is 18.5. The predicted molar refractivity (Wildman–Crippen MR) is 89.3 cm³/mol. The molecule has 1 N–H and O–H groups in total. The number of nitrogens with one attached hydrogen (secondary N) is 1. The van der Waals surface area contributed by atoms with E-state index in [1.165, 1.54) is 0 Å². The second-order valence-electron chi connectivity index (χ2n) is 4.32. The Kier molecular flexibility index (Phi) is 10.5. The van der Waals surface area contributed by atoms with Gasteiger partial charge in [-0.15, -0.1) is 0 Å². The van der Waals surface area contributed by atoms with Crippen LogP contribution in [0.2, 0.25) is 0 Å². The first-order valence-corrected chi connectivity index (χ1v) is 10.9. The highest BCUT2D eigenvalue weighted by molar-refractivity contribution is 8.69. The maximum Gasteiger partial charge on any atom is 0.211 e. The van der Waals surface area contributed by atoms with Crippen molar-refractivity contribution in [2.45, 2.75) is 65.2 Å². The zero-order valence-electron chi connectivity index (χ0n) is 12.2. The van der Waals surface area contributed by atoms with Crippen molar-refractivity contribution in [3.05, 3.63) is 0 Å². The van der Waals surface area contributed by atoms with Gasteiger partial charge in [0.1, 0.15) is 0 Å².